The van der Waals surface area contributed by atoms with E-state index < -0.39 is 0 Å². The maximum atomic E-state index is 12.3. The summed E-state index contributed by atoms with van der Waals surface area (Å²) in [6, 6.07) is 9.94. The normalized spacial score (nSPS) is 14.9. The van der Waals surface area contributed by atoms with Gasteiger partial charge >= 0.3 is 6.03 Å². The second-order valence-corrected chi connectivity index (χ2v) is 7.02. The van der Waals surface area contributed by atoms with Crippen LogP contribution in [0.2, 0.25) is 5.02 Å². The van der Waals surface area contributed by atoms with Gasteiger partial charge in [0.1, 0.15) is 0 Å². The van der Waals surface area contributed by atoms with Crippen LogP contribution in [0.15, 0.2) is 35.7 Å². The molecule has 0 bridgehead atoms. The number of benzene rings is 1. The number of hydrogen-bond acceptors (Lipinski definition) is 3. The molecular formula is C17H20ClN3OS. The topological polar surface area (TPSA) is 35.6 Å². The Morgan fingerprint density at radius 3 is 2.61 bits per heavy atom. The van der Waals surface area contributed by atoms with Crippen molar-refractivity contribution in [1.82, 2.24) is 10.2 Å². The lowest BCUT2D eigenvalue weighted by atomic mass is 10.2. The van der Waals surface area contributed by atoms with E-state index in [-0.39, 0.29) is 6.03 Å². The van der Waals surface area contributed by atoms with Gasteiger partial charge in [0.05, 0.1) is 17.3 Å². The summed E-state index contributed by atoms with van der Waals surface area (Å²) < 4.78 is 0. The molecule has 1 fully saturated rings. The smallest absolute Gasteiger partial charge is 0.317 e. The molecule has 0 radical (unpaired) electrons. The molecule has 1 aromatic carbocycles. The highest BCUT2D eigenvalue weighted by Gasteiger charge is 2.22. The van der Waals surface area contributed by atoms with Crippen molar-refractivity contribution in [2.45, 2.75) is 13.5 Å². The molecule has 0 atom stereocenters. The summed E-state index contributed by atoms with van der Waals surface area (Å²) in [7, 11) is 0. The number of aryl methyl sites for hydroxylation is 1. The molecule has 1 saturated heterocycles. The highest BCUT2D eigenvalue weighted by molar-refractivity contribution is 7.10. The van der Waals surface area contributed by atoms with Crippen molar-refractivity contribution in [1.29, 1.82) is 0 Å². The van der Waals surface area contributed by atoms with Crippen molar-refractivity contribution < 1.29 is 4.79 Å². The Labute approximate surface area is 145 Å². The van der Waals surface area contributed by atoms with E-state index in [0.29, 0.717) is 19.6 Å². The molecule has 122 valence electrons. The summed E-state index contributed by atoms with van der Waals surface area (Å²) in [6.45, 7) is 5.69. The number of hydrogen-bond donors (Lipinski definition) is 1. The van der Waals surface area contributed by atoms with Crippen molar-refractivity contribution in [2.24, 2.45) is 0 Å². The second-order valence-electron chi connectivity index (χ2n) is 5.61. The first-order valence-electron chi connectivity index (χ1n) is 7.70. The average Bonchev–Trinajstić information content (AvgIpc) is 2.98. The highest BCUT2D eigenvalue weighted by atomic mass is 35.5. The van der Waals surface area contributed by atoms with Gasteiger partial charge in [0.15, 0.2) is 0 Å². The third kappa shape index (κ3) is 3.79. The Morgan fingerprint density at radius 1 is 1.22 bits per heavy atom. The fourth-order valence-electron chi connectivity index (χ4n) is 2.71. The number of rotatable bonds is 3. The molecule has 0 unspecified atom stereocenters. The fourth-order valence-corrected chi connectivity index (χ4v) is 3.81. The second kappa shape index (κ2) is 7.23. The Morgan fingerprint density at radius 2 is 1.96 bits per heavy atom. The van der Waals surface area contributed by atoms with E-state index in [0.717, 1.165) is 23.8 Å². The Balaban J connectivity index is 1.51. The fraction of sp³-hybridized carbons (Fsp3) is 0.353. The van der Waals surface area contributed by atoms with Crippen LogP contribution in [0.4, 0.5) is 10.5 Å². The maximum Gasteiger partial charge on any atom is 0.317 e. The van der Waals surface area contributed by atoms with Gasteiger partial charge in [-0.2, -0.15) is 0 Å². The standard InChI is InChI=1S/C17H20ClN3OS/c1-13-6-11-23-16(13)12-19-17(22)21-9-7-20(8-10-21)15-5-3-2-4-14(15)18/h2-6,11H,7-10,12H2,1H3,(H,19,22). The number of nitrogens with one attached hydrogen (secondary N) is 1. The van der Waals surface area contributed by atoms with E-state index >= 15 is 0 Å². The van der Waals surface area contributed by atoms with Gasteiger partial charge in [-0.15, -0.1) is 11.3 Å². The van der Waals surface area contributed by atoms with Crippen molar-refractivity contribution in [3.63, 3.8) is 0 Å². The number of para-hydroxylation sites is 1. The largest absolute Gasteiger partial charge is 0.367 e. The van der Waals surface area contributed by atoms with Crippen molar-refractivity contribution in [2.75, 3.05) is 31.1 Å². The molecule has 1 aliphatic rings. The molecular weight excluding hydrogens is 330 g/mol. The number of nitrogens with zero attached hydrogens (tertiary/aromatic N) is 2. The minimum Gasteiger partial charge on any atom is -0.367 e. The molecule has 2 heterocycles. The van der Waals surface area contributed by atoms with Crippen LogP contribution in [0.5, 0.6) is 0 Å². The van der Waals surface area contributed by atoms with Gasteiger partial charge in [-0.3, -0.25) is 0 Å². The minimum absolute atomic E-state index is 0.0107. The number of amides is 2. The molecule has 1 N–H and O–H groups in total. The van der Waals surface area contributed by atoms with Crippen LogP contribution in [0, 0.1) is 6.92 Å². The van der Waals surface area contributed by atoms with Gasteiger partial charge < -0.3 is 15.1 Å². The molecule has 0 aliphatic carbocycles. The summed E-state index contributed by atoms with van der Waals surface area (Å²) in [4.78, 5) is 17.6. The lowest BCUT2D eigenvalue weighted by Crippen LogP contribution is -2.51. The molecule has 23 heavy (non-hydrogen) atoms. The van der Waals surface area contributed by atoms with Crippen LogP contribution < -0.4 is 10.2 Å². The van der Waals surface area contributed by atoms with Gasteiger partial charge in [-0.05, 0) is 36.1 Å². The zero-order chi connectivity index (χ0) is 16.2. The third-order valence-electron chi connectivity index (χ3n) is 4.13. The molecule has 2 aromatic rings. The molecule has 6 heteroatoms. The van der Waals surface area contributed by atoms with Gasteiger partial charge in [0.2, 0.25) is 0 Å². The van der Waals surface area contributed by atoms with Crippen LogP contribution in [-0.4, -0.2) is 37.1 Å². The van der Waals surface area contributed by atoms with Gasteiger partial charge in [0, 0.05) is 31.1 Å². The number of piperazine rings is 1. The third-order valence-corrected chi connectivity index (χ3v) is 5.47. The lowest BCUT2D eigenvalue weighted by molar-refractivity contribution is 0.194. The molecule has 2 amide bonds. The van der Waals surface area contributed by atoms with Crippen LogP contribution in [0.25, 0.3) is 0 Å². The maximum absolute atomic E-state index is 12.3. The van der Waals surface area contributed by atoms with E-state index in [1.165, 1.54) is 10.4 Å². The number of thiophene rings is 1. The monoisotopic (exact) mass is 349 g/mol. The predicted octanol–water partition coefficient (Wildman–Crippen LogP) is 3.74. The first-order chi connectivity index (χ1) is 11.1. The number of anilines is 1. The van der Waals surface area contributed by atoms with E-state index in [9.17, 15) is 4.79 Å². The Hall–Kier alpha value is -1.72. The number of urea groups is 1. The average molecular weight is 350 g/mol. The summed E-state index contributed by atoms with van der Waals surface area (Å²) >= 11 is 7.93. The minimum atomic E-state index is 0.0107. The first kappa shape index (κ1) is 16.1. The lowest BCUT2D eigenvalue weighted by Gasteiger charge is -2.36. The van der Waals surface area contributed by atoms with Crippen molar-refractivity contribution in [3.8, 4) is 0 Å². The van der Waals surface area contributed by atoms with Crippen LogP contribution in [0.3, 0.4) is 0 Å². The van der Waals surface area contributed by atoms with E-state index in [4.69, 9.17) is 11.6 Å². The van der Waals surface area contributed by atoms with Gasteiger partial charge in [-0.25, -0.2) is 4.79 Å². The molecule has 4 nitrogen and oxygen atoms in total. The number of halogens is 1. The summed E-state index contributed by atoms with van der Waals surface area (Å²) in [6.07, 6.45) is 0. The van der Waals surface area contributed by atoms with Crippen LogP contribution >= 0.6 is 22.9 Å². The van der Waals surface area contributed by atoms with E-state index in [1.807, 2.05) is 29.2 Å². The summed E-state index contributed by atoms with van der Waals surface area (Å²) in [5.41, 5.74) is 2.28. The molecule has 0 spiro atoms. The molecule has 1 aliphatic heterocycles. The SMILES string of the molecule is Cc1ccsc1CNC(=O)N1CCN(c2ccccc2Cl)CC1. The highest BCUT2D eigenvalue weighted by Crippen LogP contribution is 2.26. The zero-order valence-corrected chi connectivity index (χ0v) is 14.7. The molecule has 0 saturated carbocycles. The summed E-state index contributed by atoms with van der Waals surface area (Å²) in [5, 5.41) is 5.83. The summed E-state index contributed by atoms with van der Waals surface area (Å²) in [5.74, 6) is 0. The molecule has 1 aromatic heterocycles. The Bertz CT molecular complexity index is 680. The van der Waals surface area contributed by atoms with E-state index in [1.54, 1.807) is 11.3 Å². The van der Waals surface area contributed by atoms with Gasteiger partial charge in [0.25, 0.3) is 0 Å². The molecule has 3 rings (SSSR count). The Kier molecular flexibility index (Phi) is 5.08. The number of carbonyl (C=O) groups is 1. The quantitative estimate of drug-likeness (QED) is 0.916. The van der Waals surface area contributed by atoms with Crippen LogP contribution in [0.1, 0.15) is 10.4 Å². The van der Waals surface area contributed by atoms with Crippen molar-refractivity contribution >= 4 is 34.7 Å². The number of carbonyl (C=O) groups excluding carboxylic acids is 1. The van der Waals surface area contributed by atoms with Gasteiger partial charge in [-0.1, -0.05) is 23.7 Å². The van der Waals surface area contributed by atoms with Crippen molar-refractivity contribution in [3.05, 3.63) is 51.2 Å². The van der Waals surface area contributed by atoms with E-state index in [2.05, 4.69) is 28.6 Å². The van der Waals surface area contributed by atoms with Crippen LogP contribution in [-0.2, 0) is 6.54 Å². The zero-order valence-electron chi connectivity index (χ0n) is 13.1. The predicted molar refractivity (Wildman–Crippen MR) is 96.5 cm³/mol. The first-order valence-corrected chi connectivity index (χ1v) is 8.96.